The van der Waals surface area contributed by atoms with Gasteiger partial charge < -0.3 is 14.4 Å². The summed E-state index contributed by atoms with van der Waals surface area (Å²) in [6.45, 7) is 2.78. The van der Waals surface area contributed by atoms with Gasteiger partial charge in [0.1, 0.15) is 11.4 Å². The van der Waals surface area contributed by atoms with Gasteiger partial charge in [-0.1, -0.05) is 23.7 Å². The monoisotopic (exact) mass is 358 g/mol. The van der Waals surface area contributed by atoms with Crippen molar-refractivity contribution >= 4 is 28.6 Å². The van der Waals surface area contributed by atoms with Crippen LogP contribution in [-0.2, 0) is 22.5 Å². The Kier molecular flexibility index (Phi) is 5.24. The summed E-state index contributed by atoms with van der Waals surface area (Å²) in [6.07, 6.45) is 2.27. The number of benzene rings is 1. The fraction of sp³-hybridized carbons (Fsp3) is 0.263. The van der Waals surface area contributed by atoms with Crippen LogP contribution >= 0.6 is 11.6 Å². The van der Waals surface area contributed by atoms with E-state index in [-0.39, 0.29) is 11.7 Å². The Balaban J connectivity index is 1.93. The molecule has 0 amide bonds. The summed E-state index contributed by atoms with van der Waals surface area (Å²) >= 11 is 5.95. The minimum atomic E-state index is -0.221. The molecule has 1 aromatic carbocycles. The van der Waals surface area contributed by atoms with Gasteiger partial charge in [0.05, 0.1) is 19.2 Å². The van der Waals surface area contributed by atoms with Crippen LogP contribution in [0.2, 0.25) is 5.02 Å². The average Bonchev–Trinajstić information content (AvgIpc) is 2.92. The minimum Gasteiger partial charge on any atom is -0.506 e. The molecular formula is C19H19ClN2O3. The van der Waals surface area contributed by atoms with Crippen LogP contribution in [0.5, 0.6) is 5.75 Å². The lowest BCUT2D eigenvalue weighted by Gasteiger charge is -2.10. The first-order valence-electron chi connectivity index (χ1n) is 8.14. The molecule has 5 nitrogen and oxygen atoms in total. The van der Waals surface area contributed by atoms with Crippen LogP contribution < -0.4 is 0 Å². The topological polar surface area (TPSA) is 64.3 Å². The molecule has 0 radical (unpaired) electrons. The van der Waals surface area contributed by atoms with Crippen molar-refractivity contribution in [2.24, 2.45) is 0 Å². The number of carbonyl (C=O) groups is 1. The van der Waals surface area contributed by atoms with E-state index in [1.165, 1.54) is 6.20 Å². The normalized spacial score (nSPS) is 11.0. The lowest BCUT2D eigenvalue weighted by molar-refractivity contribution is -0.143. The lowest BCUT2D eigenvalue weighted by Crippen LogP contribution is -2.09. The van der Waals surface area contributed by atoms with Crippen molar-refractivity contribution < 1.29 is 14.6 Å². The second-order valence-electron chi connectivity index (χ2n) is 5.76. The molecule has 25 heavy (non-hydrogen) atoms. The van der Waals surface area contributed by atoms with Crippen molar-refractivity contribution in [3.8, 4) is 5.75 Å². The second kappa shape index (κ2) is 7.57. The van der Waals surface area contributed by atoms with Crippen LogP contribution in [0.3, 0.4) is 0 Å². The number of rotatable bonds is 6. The van der Waals surface area contributed by atoms with E-state index in [4.69, 9.17) is 16.3 Å². The van der Waals surface area contributed by atoms with Crippen LogP contribution in [0.15, 0.2) is 42.6 Å². The molecule has 0 spiro atoms. The largest absolute Gasteiger partial charge is 0.506 e. The van der Waals surface area contributed by atoms with Crippen molar-refractivity contribution in [1.29, 1.82) is 0 Å². The first-order chi connectivity index (χ1) is 12.1. The number of hydrogen-bond acceptors (Lipinski definition) is 4. The summed E-state index contributed by atoms with van der Waals surface area (Å²) in [7, 11) is 0. The van der Waals surface area contributed by atoms with Crippen molar-refractivity contribution in [3.05, 3.63) is 58.9 Å². The van der Waals surface area contributed by atoms with Gasteiger partial charge in [0.2, 0.25) is 0 Å². The van der Waals surface area contributed by atoms with Gasteiger partial charge in [-0.15, -0.1) is 0 Å². The van der Waals surface area contributed by atoms with Crippen molar-refractivity contribution in [2.75, 3.05) is 6.61 Å². The summed E-state index contributed by atoms with van der Waals surface area (Å²) in [5.41, 5.74) is 2.82. The number of aromatic nitrogens is 2. The predicted molar refractivity (Wildman–Crippen MR) is 96.9 cm³/mol. The Bertz CT molecular complexity index is 888. The molecule has 0 aliphatic rings. The van der Waals surface area contributed by atoms with E-state index < -0.39 is 0 Å². The van der Waals surface area contributed by atoms with Crippen LogP contribution in [0.4, 0.5) is 0 Å². The molecular weight excluding hydrogens is 340 g/mol. The fourth-order valence-corrected chi connectivity index (χ4v) is 2.93. The van der Waals surface area contributed by atoms with Crippen LogP contribution in [0, 0.1) is 0 Å². The van der Waals surface area contributed by atoms with Gasteiger partial charge in [-0.2, -0.15) is 0 Å². The summed E-state index contributed by atoms with van der Waals surface area (Å²) in [4.78, 5) is 16.0. The Labute approximate surface area is 150 Å². The first-order valence-corrected chi connectivity index (χ1v) is 8.52. The highest BCUT2D eigenvalue weighted by Gasteiger charge is 2.13. The molecule has 0 saturated carbocycles. The molecule has 2 aromatic heterocycles. The number of aryl methyl sites for hydroxylation is 1. The summed E-state index contributed by atoms with van der Waals surface area (Å²) in [6, 6.07) is 11.2. The molecule has 6 heteroatoms. The number of carbonyl (C=O) groups excluding carboxylic acids is 1. The number of halogens is 1. The van der Waals surface area contributed by atoms with E-state index in [1.807, 2.05) is 30.3 Å². The van der Waals surface area contributed by atoms with Crippen LogP contribution in [-0.4, -0.2) is 27.2 Å². The molecule has 0 aliphatic carbocycles. The third-order valence-electron chi connectivity index (χ3n) is 3.95. The summed E-state index contributed by atoms with van der Waals surface area (Å²) in [5.74, 6) is -0.102. The zero-order valence-electron chi connectivity index (χ0n) is 13.9. The number of esters is 1. The van der Waals surface area contributed by atoms with Crippen molar-refractivity contribution in [2.45, 2.75) is 26.3 Å². The number of pyridine rings is 1. The third kappa shape index (κ3) is 4.12. The Morgan fingerprint density at radius 2 is 2.04 bits per heavy atom. The molecule has 0 saturated heterocycles. The van der Waals surface area contributed by atoms with Crippen molar-refractivity contribution in [3.63, 3.8) is 0 Å². The van der Waals surface area contributed by atoms with E-state index in [1.54, 1.807) is 13.0 Å². The zero-order valence-corrected chi connectivity index (χ0v) is 14.7. The first kappa shape index (κ1) is 17.3. The maximum absolute atomic E-state index is 11.7. The highest BCUT2D eigenvalue weighted by molar-refractivity contribution is 6.30. The quantitative estimate of drug-likeness (QED) is 0.678. The number of hydrogen-bond donors (Lipinski definition) is 1. The van der Waals surface area contributed by atoms with E-state index in [9.17, 15) is 9.90 Å². The number of fused-ring (bicyclic) bond motifs is 1. The van der Waals surface area contributed by atoms with Gasteiger partial charge in [-0.3, -0.25) is 4.79 Å². The molecule has 0 fully saturated rings. The van der Waals surface area contributed by atoms with Crippen LogP contribution in [0.25, 0.3) is 11.0 Å². The summed E-state index contributed by atoms with van der Waals surface area (Å²) < 4.78 is 7.06. The Morgan fingerprint density at radius 1 is 1.28 bits per heavy atom. The van der Waals surface area contributed by atoms with Gasteiger partial charge >= 0.3 is 5.97 Å². The maximum atomic E-state index is 11.7. The van der Waals surface area contributed by atoms with Crippen LogP contribution in [0.1, 0.15) is 24.6 Å². The zero-order chi connectivity index (χ0) is 17.8. The van der Waals surface area contributed by atoms with Gasteiger partial charge in [-0.25, -0.2) is 4.98 Å². The minimum absolute atomic E-state index is 0.119. The van der Waals surface area contributed by atoms with Gasteiger partial charge in [0.25, 0.3) is 0 Å². The van der Waals surface area contributed by atoms with Gasteiger partial charge in [0, 0.05) is 22.6 Å². The predicted octanol–water partition coefficient (Wildman–Crippen LogP) is 3.94. The van der Waals surface area contributed by atoms with E-state index in [0.29, 0.717) is 31.0 Å². The average molecular weight is 359 g/mol. The maximum Gasteiger partial charge on any atom is 0.306 e. The van der Waals surface area contributed by atoms with E-state index >= 15 is 0 Å². The molecule has 0 unspecified atom stereocenters. The van der Waals surface area contributed by atoms with Gasteiger partial charge in [0.15, 0.2) is 0 Å². The van der Waals surface area contributed by atoms with E-state index in [2.05, 4.69) is 9.55 Å². The Hall–Kier alpha value is -2.53. The molecule has 3 aromatic rings. The smallest absolute Gasteiger partial charge is 0.306 e. The SMILES string of the molecule is CCOC(=O)CCc1cc2cc(O)cnc2n1Cc1ccc(Cl)cc1. The number of ether oxygens (including phenoxy) is 1. The molecule has 1 N–H and O–H groups in total. The standard InChI is InChI=1S/C19H19ClN2O3/c1-2-25-18(24)8-7-16-9-14-10-17(23)11-21-19(14)22(16)12-13-3-5-15(20)6-4-13/h3-6,9-11,23H,2,7-8,12H2,1H3. The third-order valence-corrected chi connectivity index (χ3v) is 4.20. The van der Waals surface area contributed by atoms with Crippen molar-refractivity contribution in [1.82, 2.24) is 9.55 Å². The lowest BCUT2D eigenvalue weighted by atomic mass is 10.2. The highest BCUT2D eigenvalue weighted by atomic mass is 35.5. The van der Waals surface area contributed by atoms with E-state index in [0.717, 1.165) is 22.3 Å². The second-order valence-corrected chi connectivity index (χ2v) is 6.20. The molecule has 2 heterocycles. The Morgan fingerprint density at radius 3 is 2.76 bits per heavy atom. The number of nitrogens with zero attached hydrogens (tertiary/aromatic N) is 2. The highest BCUT2D eigenvalue weighted by Crippen LogP contribution is 2.24. The number of aromatic hydroxyl groups is 1. The van der Waals surface area contributed by atoms with Gasteiger partial charge in [-0.05, 0) is 43.2 Å². The molecule has 0 atom stereocenters. The molecule has 0 bridgehead atoms. The fourth-order valence-electron chi connectivity index (χ4n) is 2.81. The molecule has 0 aliphatic heterocycles. The molecule has 3 rings (SSSR count). The summed E-state index contributed by atoms with van der Waals surface area (Å²) in [5, 5.41) is 11.2. The molecule has 130 valence electrons.